The molecule has 4 heteroatoms. The van der Waals surface area contributed by atoms with Crippen LogP contribution in [0.3, 0.4) is 0 Å². The van der Waals surface area contributed by atoms with Crippen molar-refractivity contribution in [3.63, 3.8) is 0 Å². The Labute approximate surface area is 85.8 Å². The molecular weight excluding hydrogens is 181 g/mol. The molecule has 0 radical (unpaired) electrons. The molecule has 2 N–H and O–H groups in total. The number of phenolic OH excluding ortho intramolecular Hbond substituents is 2. The molecule has 13 heavy (non-hydrogen) atoms. The van der Waals surface area contributed by atoms with E-state index in [9.17, 15) is 10.2 Å². The van der Waals surface area contributed by atoms with Crippen molar-refractivity contribution in [1.29, 1.82) is 0 Å². The molecule has 0 spiro atoms. The number of aromatic nitrogens is 1. The summed E-state index contributed by atoms with van der Waals surface area (Å²) in [7, 11) is 0. The molecule has 0 aliphatic heterocycles. The Morgan fingerprint density at radius 3 is 2.38 bits per heavy atom. The largest absolute Gasteiger partial charge is 0.507 e. The lowest BCUT2D eigenvalue weighted by Crippen LogP contribution is -1.78. The van der Waals surface area contributed by atoms with Gasteiger partial charge in [0.1, 0.15) is 17.0 Å². The number of hydrogen-bond acceptors (Lipinski definition) is 3. The number of aromatic hydroxyl groups is 2. The minimum atomic E-state index is 0. The summed E-state index contributed by atoms with van der Waals surface area (Å²) in [5, 5.41) is 19.2. The van der Waals surface area contributed by atoms with Crippen molar-refractivity contribution >= 4 is 28.3 Å². The van der Waals surface area contributed by atoms with Gasteiger partial charge in [0.15, 0.2) is 17.4 Å². The molecule has 0 atom stereocenters. The summed E-state index contributed by atoms with van der Waals surface area (Å²) in [6, 6.07) is 6.28. The van der Waals surface area contributed by atoms with Gasteiger partial charge in [-0.2, -0.15) is 0 Å². The lowest BCUT2D eigenvalue weighted by molar-refractivity contribution is 0.468. The predicted molar refractivity (Wildman–Crippen MR) is 55.0 cm³/mol. The van der Waals surface area contributed by atoms with Gasteiger partial charge in [-0.3, -0.25) is 4.98 Å². The highest BCUT2D eigenvalue weighted by atomic mass is 27.0. The van der Waals surface area contributed by atoms with Crippen LogP contribution < -0.4 is 0 Å². The molecule has 0 saturated carbocycles. The molecule has 2 aromatic rings. The molecule has 0 saturated heterocycles. The normalized spacial score (nSPS) is 9.54. The molecule has 0 bridgehead atoms. The van der Waals surface area contributed by atoms with E-state index in [1.807, 2.05) is 0 Å². The lowest BCUT2D eigenvalue weighted by Gasteiger charge is -2.00. The van der Waals surface area contributed by atoms with E-state index in [-0.39, 0.29) is 28.9 Å². The van der Waals surface area contributed by atoms with Gasteiger partial charge in [-0.15, -0.1) is 0 Å². The number of phenols is 2. The van der Waals surface area contributed by atoms with Crippen molar-refractivity contribution in [1.82, 2.24) is 4.98 Å². The molecule has 0 amide bonds. The van der Waals surface area contributed by atoms with Crippen LogP contribution in [0.4, 0.5) is 0 Å². The van der Waals surface area contributed by atoms with Gasteiger partial charge in [0.05, 0.1) is 0 Å². The van der Waals surface area contributed by atoms with Crippen LogP contribution >= 0.6 is 0 Å². The van der Waals surface area contributed by atoms with Gasteiger partial charge < -0.3 is 10.2 Å². The molecular formula is C9H10AlNO2. The molecule has 1 aromatic carbocycles. The van der Waals surface area contributed by atoms with Crippen LogP contribution in [0.2, 0.25) is 0 Å². The van der Waals surface area contributed by atoms with Crippen molar-refractivity contribution in [3.8, 4) is 11.5 Å². The fourth-order valence-electron chi connectivity index (χ4n) is 1.14. The van der Waals surface area contributed by atoms with E-state index in [1.165, 1.54) is 12.1 Å². The Morgan fingerprint density at radius 1 is 1.00 bits per heavy atom. The monoisotopic (exact) mass is 191 g/mol. The van der Waals surface area contributed by atoms with Crippen molar-refractivity contribution in [2.75, 3.05) is 0 Å². The Hall–Kier alpha value is -1.24. The number of rotatable bonds is 0. The number of hydrogen-bond donors (Lipinski definition) is 2. The molecule has 1 heterocycles. The van der Waals surface area contributed by atoms with Crippen molar-refractivity contribution in [3.05, 3.63) is 30.5 Å². The van der Waals surface area contributed by atoms with Crippen LogP contribution in [-0.2, 0) is 0 Å². The average Bonchev–Trinajstić information content (AvgIpc) is 2.12. The number of pyridine rings is 1. The molecule has 0 aliphatic carbocycles. The van der Waals surface area contributed by atoms with Crippen molar-refractivity contribution in [2.24, 2.45) is 0 Å². The van der Waals surface area contributed by atoms with E-state index in [4.69, 9.17) is 0 Å². The van der Waals surface area contributed by atoms with Crippen molar-refractivity contribution < 1.29 is 10.2 Å². The molecule has 2 rings (SSSR count). The first-order valence-electron chi connectivity index (χ1n) is 3.55. The second-order valence-corrected chi connectivity index (χ2v) is 2.50. The smallest absolute Gasteiger partial charge is 0.187 e. The Kier molecular flexibility index (Phi) is 2.77. The van der Waals surface area contributed by atoms with Gasteiger partial charge in [-0.05, 0) is 24.3 Å². The second-order valence-electron chi connectivity index (χ2n) is 2.50. The first-order chi connectivity index (χ1) is 5.79. The maximum Gasteiger partial charge on any atom is 0.187 e. The summed E-state index contributed by atoms with van der Waals surface area (Å²) in [5.74, 6) is 0.222. The summed E-state index contributed by atoms with van der Waals surface area (Å²) >= 11 is 0. The van der Waals surface area contributed by atoms with Gasteiger partial charge in [-0.25, -0.2) is 0 Å². The third kappa shape index (κ3) is 1.59. The van der Waals surface area contributed by atoms with Crippen molar-refractivity contribution in [2.45, 2.75) is 0 Å². The summed E-state index contributed by atoms with van der Waals surface area (Å²) in [5.41, 5.74) is 0.428. The molecule has 3 nitrogen and oxygen atoms in total. The predicted octanol–water partition coefficient (Wildman–Crippen LogP) is 0.462. The van der Waals surface area contributed by atoms with Gasteiger partial charge in [0.2, 0.25) is 0 Å². The van der Waals surface area contributed by atoms with Crippen LogP contribution in [0.15, 0.2) is 30.5 Å². The van der Waals surface area contributed by atoms with E-state index in [0.29, 0.717) is 10.9 Å². The topological polar surface area (TPSA) is 53.4 Å². The fourth-order valence-corrected chi connectivity index (χ4v) is 1.14. The van der Waals surface area contributed by atoms with E-state index in [1.54, 1.807) is 18.3 Å². The fraction of sp³-hybridized carbons (Fsp3) is 0. The summed E-state index contributed by atoms with van der Waals surface area (Å²) < 4.78 is 0. The molecule has 1 aromatic heterocycles. The van der Waals surface area contributed by atoms with E-state index in [2.05, 4.69) is 4.98 Å². The molecule has 66 valence electrons. The molecule has 0 aliphatic rings. The minimum absolute atomic E-state index is 0. The second kappa shape index (κ2) is 3.65. The van der Waals surface area contributed by atoms with Crippen LogP contribution in [0, 0.1) is 0 Å². The highest BCUT2D eigenvalue weighted by molar-refractivity contribution is 5.89. The van der Waals surface area contributed by atoms with Crippen LogP contribution in [0.25, 0.3) is 10.9 Å². The summed E-state index contributed by atoms with van der Waals surface area (Å²) in [6.45, 7) is 0. The first kappa shape index (κ1) is 9.85. The zero-order valence-electron chi connectivity index (χ0n) is 6.23. The highest BCUT2D eigenvalue weighted by Gasteiger charge is 2.03. The third-order valence-corrected chi connectivity index (χ3v) is 1.73. The highest BCUT2D eigenvalue weighted by Crippen LogP contribution is 2.28. The van der Waals surface area contributed by atoms with E-state index in [0.717, 1.165) is 0 Å². The van der Waals surface area contributed by atoms with Crippen LogP contribution in [0.1, 0.15) is 0 Å². The molecule has 0 fully saturated rings. The zero-order chi connectivity index (χ0) is 8.55. The SMILES string of the molecule is Oc1ccc(O)c2ncccc12.[AlH3]. The average molecular weight is 191 g/mol. The van der Waals surface area contributed by atoms with Crippen LogP contribution in [0.5, 0.6) is 11.5 Å². The number of benzene rings is 1. The first-order valence-corrected chi connectivity index (χ1v) is 3.55. The Balaban J connectivity index is 0.000000845. The maximum atomic E-state index is 9.34. The Bertz CT molecular complexity index is 390. The maximum absolute atomic E-state index is 9.34. The van der Waals surface area contributed by atoms with Crippen LogP contribution in [-0.4, -0.2) is 32.6 Å². The standard InChI is InChI=1S/C9H7NO2.Al.3H/c11-7-3-4-8(12)9-6(7)2-1-5-10-9;;;;/h1-5,11-12H;;;;. The summed E-state index contributed by atoms with van der Waals surface area (Å²) in [6.07, 6.45) is 1.57. The molecule has 0 unspecified atom stereocenters. The lowest BCUT2D eigenvalue weighted by atomic mass is 10.2. The van der Waals surface area contributed by atoms with Gasteiger partial charge in [0.25, 0.3) is 0 Å². The number of fused-ring (bicyclic) bond motifs is 1. The zero-order valence-corrected chi connectivity index (χ0v) is 6.23. The van der Waals surface area contributed by atoms with E-state index >= 15 is 0 Å². The summed E-state index contributed by atoms with van der Waals surface area (Å²) in [4.78, 5) is 3.93. The van der Waals surface area contributed by atoms with E-state index < -0.39 is 0 Å². The van der Waals surface area contributed by atoms with Gasteiger partial charge in [0, 0.05) is 11.6 Å². The third-order valence-electron chi connectivity index (χ3n) is 1.73. The number of nitrogens with zero attached hydrogens (tertiary/aromatic N) is 1. The quantitative estimate of drug-likeness (QED) is 0.470. The van der Waals surface area contributed by atoms with Gasteiger partial charge in [-0.1, -0.05) is 0 Å². The Morgan fingerprint density at radius 2 is 1.69 bits per heavy atom. The minimum Gasteiger partial charge on any atom is -0.507 e. The van der Waals surface area contributed by atoms with Gasteiger partial charge >= 0.3 is 0 Å².